The van der Waals surface area contributed by atoms with Crippen LogP contribution >= 0.6 is 7.60 Å². The lowest BCUT2D eigenvalue weighted by atomic mass is 10.1. The normalized spacial score (nSPS) is 14.9. The zero-order valence-corrected chi connectivity index (χ0v) is 23.8. The summed E-state index contributed by atoms with van der Waals surface area (Å²) < 4.78 is 12.1. The molecule has 0 aliphatic rings. The molecule has 6 heteroatoms. The highest BCUT2D eigenvalue weighted by molar-refractivity contribution is 7.53. The van der Waals surface area contributed by atoms with Crippen molar-refractivity contribution in [2.45, 2.75) is 128 Å². The third-order valence-electron chi connectivity index (χ3n) is 6.28. The zero-order chi connectivity index (χ0) is 25.8. The van der Waals surface area contributed by atoms with Crippen molar-refractivity contribution in [2.24, 2.45) is 0 Å². The quantitative estimate of drug-likeness (QED) is 0.0578. The maximum atomic E-state index is 11.8. The van der Waals surface area contributed by atoms with Gasteiger partial charge in [-0.2, -0.15) is 0 Å². The van der Waals surface area contributed by atoms with Crippen LogP contribution in [-0.4, -0.2) is 52.4 Å². The standard InChI is InChI=1S/C28H56NO4P/c1-5-6-7-8-9-10-11-12-13-14-15-16-17-18-19-20-21-22-23-24-25-26-28(30,34(31,32)33)27-29(2,3)4/h16-17,23-24,30H,5-15,18-22,25-27H2,1-4H3,(H-,31,32,33)/p+1/b17-16-,24-23-. The molecule has 0 rings (SSSR count). The Balaban J connectivity index is 3.65. The van der Waals surface area contributed by atoms with Gasteiger partial charge >= 0.3 is 7.60 Å². The molecule has 0 aromatic carbocycles. The fourth-order valence-corrected chi connectivity index (χ4v) is 5.34. The summed E-state index contributed by atoms with van der Waals surface area (Å²) in [5.74, 6) is 0. The fourth-order valence-electron chi connectivity index (χ4n) is 4.31. The van der Waals surface area contributed by atoms with Gasteiger partial charge in [-0.15, -0.1) is 0 Å². The van der Waals surface area contributed by atoms with Crippen LogP contribution in [-0.2, 0) is 4.57 Å². The predicted molar refractivity (Wildman–Crippen MR) is 147 cm³/mol. The molecule has 0 aliphatic carbocycles. The van der Waals surface area contributed by atoms with Crippen molar-refractivity contribution in [1.29, 1.82) is 0 Å². The predicted octanol–water partition coefficient (Wildman–Crippen LogP) is 7.71. The topological polar surface area (TPSA) is 77.8 Å². The van der Waals surface area contributed by atoms with E-state index in [2.05, 4.69) is 25.2 Å². The van der Waals surface area contributed by atoms with Crippen molar-refractivity contribution in [3.63, 3.8) is 0 Å². The molecule has 202 valence electrons. The molecule has 0 saturated carbocycles. The molecule has 0 aromatic rings. The van der Waals surface area contributed by atoms with Crippen molar-refractivity contribution in [3.05, 3.63) is 24.3 Å². The maximum Gasteiger partial charge on any atom is 0.362 e. The largest absolute Gasteiger partial charge is 0.373 e. The summed E-state index contributed by atoms with van der Waals surface area (Å²) in [5.41, 5.74) is 0. The number of nitrogens with zero attached hydrogens (tertiary/aromatic N) is 1. The van der Waals surface area contributed by atoms with Crippen LogP contribution in [0.25, 0.3) is 0 Å². The van der Waals surface area contributed by atoms with Crippen molar-refractivity contribution in [3.8, 4) is 0 Å². The second-order valence-corrected chi connectivity index (χ2v) is 13.0. The molecule has 0 saturated heterocycles. The third kappa shape index (κ3) is 19.8. The first-order valence-corrected chi connectivity index (χ1v) is 15.5. The molecule has 3 N–H and O–H groups in total. The van der Waals surface area contributed by atoms with Gasteiger partial charge in [0.1, 0.15) is 6.54 Å². The summed E-state index contributed by atoms with van der Waals surface area (Å²) in [6, 6.07) is 0. The van der Waals surface area contributed by atoms with E-state index in [-0.39, 0.29) is 13.0 Å². The van der Waals surface area contributed by atoms with E-state index in [0.29, 0.717) is 10.9 Å². The highest BCUT2D eigenvalue weighted by Gasteiger charge is 2.48. The molecule has 0 aromatic heterocycles. The van der Waals surface area contributed by atoms with E-state index in [4.69, 9.17) is 0 Å². The van der Waals surface area contributed by atoms with E-state index in [1.54, 1.807) is 0 Å². The van der Waals surface area contributed by atoms with Crippen LogP contribution in [0.3, 0.4) is 0 Å². The van der Waals surface area contributed by atoms with Crippen LogP contribution < -0.4 is 0 Å². The Bertz CT molecular complexity index is 579. The van der Waals surface area contributed by atoms with Gasteiger partial charge in [-0.3, -0.25) is 4.57 Å². The van der Waals surface area contributed by atoms with Crippen LogP contribution in [0.2, 0.25) is 0 Å². The van der Waals surface area contributed by atoms with Crippen molar-refractivity contribution >= 4 is 7.60 Å². The number of unbranched alkanes of at least 4 members (excludes halogenated alkanes) is 14. The number of hydrogen-bond acceptors (Lipinski definition) is 2. The van der Waals surface area contributed by atoms with Crippen LogP contribution in [0.1, 0.15) is 122 Å². The summed E-state index contributed by atoms with van der Waals surface area (Å²) in [5, 5.41) is 8.56. The van der Waals surface area contributed by atoms with Gasteiger partial charge in [0.2, 0.25) is 5.34 Å². The molecule has 0 heterocycles. The Kier molecular flexibility index (Phi) is 19.4. The molecule has 34 heavy (non-hydrogen) atoms. The summed E-state index contributed by atoms with van der Waals surface area (Å²) in [6.45, 7) is 2.30. The van der Waals surface area contributed by atoms with Gasteiger partial charge in [0.25, 0.3) is 0 Å². The van der Waals surface area contributed by atoms with Gasteiger partial charge in [0, 0.05) is 0 Å². The minimum absolute atomic E-state index is 0.0256. The summed E-state index contributed by atoms with van der Waals surface area (Å²) in [4.78, 5) is 19.2. The smallest absolute Gasteiger partial charge is 0.362 e. The SMILES string of the molecule is CCCCCCCCCCCC/C=C\CCCCC/C=C\CCC(O)(C[N+](C)(C)C)P(=O)(O)O. The molecule has 0 spiro atoms. The van der Waals surface area contributed by atoms with Crippen LogP contribution in [0, 0.1) is 0 Å². The first-order valence-electron chi connectivity index (χ1n) is 13.9. The molecule has 0 amide bonds. The first kappa shape index (κ1) is 33.5. The lowest BCUT2D eigenvalue weighted by Crippen LogP contribution is -2.49. The van der Waals surface area contributed by atoms with Crippen molar-refractivity contribution < 1.29 is 23.9 Å². The Labute approximate surface area is 211 Å². The van der Waals surface area contributed by atoms with Crippen LogP contribution in [0.4, 0.5) is 0 Å². The zero-order valence-electron chi connectivity index (χ0n) is 22.9. The van der Waals surface area contributed by atoms with Crippen LogP contribution in [0.15, 0.2) is 24.3 Å². The number of rotatable bonds is 23. The average molecular weight is 503 g/mol. The molecular formula is C28H57NO4P+. The molecule has 0 aliphatic heterocycles. The number of hydrogen-bond donors (Lipinski definition) is 3. The van der Waals surface area contributed by atoms with Gasteiger partial charge in [0.15, 0.2) is 0 Å². The first-order chi connectivity index (χ1) is 16.0. The second kappa shape index (κ2) is 19.7. The number of likely N-dealkylation sites (N-methyl/N-ethyl adjacent to an activating group) is 1. The molecule has 0 radical (unpaired) electrons. The molecular weight excluding hydrogens is 445 g/mol. The Morgan fingerprint density at radius 2 is 1.00 bits per heavy atom. The maximum absolute atomic E-state index is 11.8. The monoisotopic (exact) mass is 502 g/mol. The number of aliphatic hydroxyl groups is 1. The second-order valence-electron chi connectivity index (χ2n) is 11.1. The molecule has 5 nitrogen and oxygen atoms in total. The Hall–Kier alpha value is -0.450. The van der Waals surface area contributed by atoms with E-state index in [9.17, 15) is 19.5 Å². The van der Waals surface area contributed by atoms with Crippen LogP contribution in [0.5, 0.6) is 0 Å². The fraction of sp³-hybridized carbons (Fsp3) is 0.857. The molecule has 1 unspecified atom stereocenters. The molecule has 1 atom stereocenters. The lowest BCUT2D eigenvalue weighted by molar-refractivity contribution is -0.875. The highest BCUT2D eigenvalue weighted by Crippen LogP contribution is 2.52. The summed E-state index contributed by atoms with van der Waals surface area (Å²) >= 11 is 0. The number of allylic oxidation sites excluding steroid dienone is 4. The molecule has 0 bridgehead atoms. The van der Waals surface area contributed by atoms with Gasteiger partial charge in [-0.1, -0.05) is 95.4 Å². The van der Waals surface area contributed by atoms with E-state index < -0.39 is 12.9 Å². The van der Waals surface area contributed by atoms with E-state index in [1.807, 2.05) is 27.2 Å². The minimum Gasteiger partial charge on any atom is -0.373 e. The summed E-state index contributed by atoms with van der Waals surface area (Å²) in [7, 11) is 0.889. The van der Waals surface area contributed by atoms with Crippen molar-refractivity contribution in [2.75, 3.05) is 27.7 Å². The molecule has 0 fully saturated rings. The van der Waals surface area contributed by atoms with E-state index in [1.165, 1.54) is 83.5 Å². The minimum atomic E-state index is -4.58. The van der Waals surface area contributed by atoms with Crippen molar-refractivity contribution in [1.82, 2.24) is 0 Å². The number of quaternary nitrogens is 1. The highest BCUT2D eigenvalue weighted by atomic mass is 31.2. The lowest BCUT2D eigenvalue weighted by Gasteiger charge is -2.35. The summed E-state index contributed by atoms with van der Waals surface area (Å²) in [6.07, 6.45) is 30.1. The van der Waals surface area contributed by atoms with Gasteiger partial charge in [-0.25, -0.2) is 0 Å². The average Bonchev–Trinajstić information content (AvgIpc) is 2.73. The Morgan fingerprint density at radius 3 is 1.38 bits per heavy atom. The van der Waals surface area contributed by atoms with E-state index >= 15 is 0 Å². The van der Waals surface area contributed by atoms with E-state index in [0.717, 1.165) is 19.3 Å². The van der Waals surface area contributed by atoms with Gasteiger partial charge in [-0.05, 0) is 51.4 Å². The van der Waals surface area contributed by atoms with Gasteiger partial charge in [0.05, 0.1) is 21.1 Å². The Morgan fingerprint density at radius 1 is 0.647 bits per heavy atom. The third-order valence-corrected chi connectivity index (χ3v) is 7.73. The van der Waals surface area contributed by atoms with Gasteiger partial charge < -0.3 is 19.4 Å².